The molecule has 1 saturated carbocycles. The molecule has 0 aliphatic heterocycles. The summed E-state index contributed by atoms with van der Waals surface area (Å²) in [6.45, 7) is 0. The lowest BCUT2D eigenvalue weighted by molar-refractivity contribution is -0.137. The van der Waals surface area contributed by atoms with Crippen LogP contribution in [0.1, 0.15) is 41.1 Å². The fourth-order valence-corrected chi connectivity index (χ4v) is 2.24. The molecule has 0 spiro atoms. The van der Waals surface area contributed by atoms with Gasteiger partial charge in [-0.15, -0.1) is 0 Å². The largest absolute Gasteiger partial charge is 0.504 e. The summed E-state index contributed by atoms with van der Waals surface area (Å²) in [6, 6.07) is 2.18. The van der Waals surface area contributed by atoms with E-state index in [1.54, 1.807) is 0 Å². The van der Waals surface area contributed by atoms with Crippen LogP contribution in [0.5, 0.6) is 5.75 Å². The van der Waals surface area contributed by atoms with Crippen LogP contribution < -0.4 is 0 Å². The lowest BCUT2D eigenvalue weighted by Crippen LogP contribution is -2.10. The molecule has 3 N–H and O–H groups in total. The molecule has 6 heteroatoms. The fraction of sp³-hybridized carbons (Fsp3) is 0.385. The number of rotatable bonds is 5. The van der Waals surface area contributed by atoms with E-state index in [0.29, 0.717) is 5.56 Å². The number of phenols is 1. The maximum absolute atomic E-state index is 13.5. The molecule has 0 bridgehead atoms. The number of benzene rings is 1. The Labute approximate surface area is 108 Å². The lowest BCUT2D eigenvalue weighted by atomic mass is 9.89. The smallest absolute Gasteiger partial charge is 0.339 e. The molecule has 1 aliphatic carbocycles. The Kier molecular flexibility index (Phi) is 3.42. The van der Waals surface area contributed by atoms with Crippen LogP contribution in [-0.4, -0.2) is 27.3 Å². The normalized spacial score (nSPS) is 16.1. The van der Waals surface area contributed by atoms with Gasteiger partial charge in [0.05, 0.1) is 6.42 Å². The molecule has 1 atom stereocenters. The van der Waals surface area contributed by atoms with E-state index >= 15 is 0 Å². The van der Waals surface area contributed by atoms with Gasteiger partial charge >= 0.3 is 11.9 Å². The van der Waals surface area contributed by atoms with E-state index in [4.69, 9.17) is 10.2 Å². The van der Waals surface area contributed by atoms with Crippen LogP contribution in [0.15, 0.2) is 12.1 Å². The average Bonchev–Trinajstić information content (AvgIpc) is 3.13. The number of hydrogen-bond donors (Lipinski definition) is 3. The molecule has 2 rings (SSSR count). The number of carboxylic acids is 2. The summed E-state index contributed by atoms with van der Waals surface area (Å²) in [5.74, 6) is -4.68. The standard InChI is InChI=1S/C13H13FO5/c14-10-4-7(3-9(12(10)17)13(18)19)8(5-11(15)16)6-1-2-6/h3-4,6,8,17H,1-2,5H2,(H,15,16)(H,18,19). The predicted octanol–water partition coefficient (Wildman–Crippen LogP) is 2.20. The highest BCUT2D eigenvalue weighted by Gasteiger charge is 2.34. The summed E-state index contributed by atoms with van der Waals surface area (Å²) < 4.78 is 13.5. The molecule has 102 valence electrons. The summed E-state index contributed by atoms with van der Waals surface area (Å²) in [5.41, 5.74) is -0.219. The number of hydrogen-bond acceptors (Lipinski definition) is 3. The molecule has 1 aromatic carbocycles. The van der Waals surface area contributed by atoms with E-state index in [1.807, 2.05) is 0 Å². The topological polar surface area (TPSA) is 94.8 Å². The van der Waals surface area contributed by atoms with Crippen molar-refractivity contribution >= 4 is 11.9 Å². The molecule has 0 aromatic heterocycles. The van der Waals surface area contributed by atoms with Crippen molar-refractivity contribution in [2.45, 2.75) is 25.2 Å². The average molecular weight is 268 g/mol. The first-order chi connectivity index (χ1) is 8.90. The molecular weight excluding hydrogens is 255 g/mol. The third-order valence-corrected chi connectivity index (χ3v) is 3.33. The molecule has 0 amide bonds. The van der Waals surface area contributed by atoms with Gasteiger partial charge in [-0.3, -0.25) is 4.79 Å². The summed E-state index contributed by atoms with van der Waals surface area (Å²) in [7, 11) is 0. The third kappa shape index (κ3) is 2.83. The molecule has 1 aromatic rings. The zero-order chi connectivity index (χ0) is 14.2. The number of aromatic hydroxyl groups is 1. The van der Waals surface area contributed by atoms with Crippen molar-refractivity contribution in [2.24, 2.45) is 5.92 Å². The van der Waals surface area contributed by atoms with E-state index in [-0.39, 0.29) is 12.3 Å². The Hall–Kier alpha value is -2.11. The van der Waals surface area contributed by atoms with Crippen molar-refractivity contribution in [3.8, 4) is 5.75 Å². The quantitative estimate of drug-likeness (QED) is 0.761. The molecule has 19 heavy (non-hydrogen) atoms. The zero-order valence-corrected chi connectivity index (χ0v) is 9.97. The monoisotopic (exact) mass is 268 g/mol. The number of halogens is 1. The van der Waals surface area contributed by atoms with E-state index in [1.165, 1.54) is 0 Å². The SMILES string of the molecule is O=C(O)CC(c1cc(F)c(O)c(C(=O)O)c1)C1CC1. The minimum absolute atomic E-state index is 0.140. The molecule has 1 aliphatic rings. The van der Waals surface area contributed by atoms with Crippen LogP contribution in [0.4, 0.5) is 4.39 Å². The van der Waals surface area contributed by atoms with Crippen molar-refractivity contribution in [1.82, 2.24) is 0 Å². The lowest BCUT2D eigenvalue weighted by Gasteiger charge is -2.16. The maximum Gasteiger partial charge on any atom is 0.339 e. The molecule has 1 unspecified atom stereocenters. The Morgan fingerprint density at radius 3 is 2.42 bits per heavy atom. The Morgan fingerprint density at radius 2 is 1.95 bits per heavy atom. The minimum Gasteiger partial charge on any atom is -0.504 e. The van der Waals surface area contributed by atoms with Crippen LogP contribution in [0, 0.1) is 11.7 Å². The maximum atomic E-state index is 13.5. The van der Waals surface area contributed by atoms with Crippen molar-refractivity contribution < 1.29 is 29.3 Å². The summed E-state index contributed by atoms with van der Waals surface area (Å²) in [6.07, 6.45) is 1.53. The summed E-state index contributed by atoms with van der Waals surface area (Å²) in [4.78, 5) is 21.7. The van der Waals surface area contributed by atoms with Gasteiger partial charge in [0.1, 0.15) is 5.56 Å². The molecule has 5 nitrogen and oxygen atoms in total. The van der Waals surface area contributed by atoms with Gasteiger partial charge in [-0.1, -0.05) is 0 Å². The van der Waals surface area contributed by atoms with Crippen molar-refractivity contribution in [3.05, 3.63) is 29.1 Å². The van der Waals surface area contributed by atoms with Crippen molar-refractivity contribution in [1.29, 1.82) is 0 Å². The van der Waals surface area contributed by atoms with E-state index < -0.39 is 35.0 Å². The van der Waals surface area contributed by atoms with Crippen LogP contribution in [0.3, 0.4) is 0 Å². The van der Waals surface area contributed by atoms with Crippen LogP contribution in [0.2, 0.25) is 0 Å². The van der Waals surface area contributed by atoms with Crippen LogP contribution in [-0.2, 0) is 4.79 Å². The second-order valence-electron chi connectivity index (χ2n) is 4.75. The van der Waals surface area contributed by atoms with E-state index in [9.17, 15) is 19.1 Å². The van der Waals surface area contributed by atoms with Gasteiger partial charge < -0.3 is 15.3 Å². The fourth-order valence-electron chi connectivity index (χ4n) is 2.24. The number of aromatic carboxylic acids is 1. The number of carbonyl (C=O) groups is 2. The molecular formula is C13H13FO5. The molecule has 0 heterocycles. The van der Waals surface area contributed by atoms with Gasteiger partial charge in [0.15, 0.2) is 11.6 Å². The van der Waals surface area contributed by atoms with Gasteiger partial charge in [0.25, 0.3) is 0 Å². The van der Waals surface area contributed by atoms with Crippen LogP contribution in [0.25, 0.3) is 0 Å². The minimum atomic E-state index is -1.44. The predicted molar refractivity (Wildman–Crippen MR) is 62.7 cm³/mol. The number of carboxylic acid groups (broad SMARTS) is 2. The Balaban J connectivity index is 2.42. The first-order valence-electron chi connectivity index (χ1n) is 5.87. The zero-order valence-electron chi connectivity index (χ0n) is 9.97. The second-order valence-corrected chi connectivity index (χ2v) is 4.75. The van der Waals surface area contributed by atoms with Gasteiger partial charge in [-0.2, -0.15) is 0 Å². The summed E-state index contributed by atoms with van der Waals surface area (Å²) >= 11 is 0. The third-order valence-electron chi connectivity index (χ3n) is 3.33. The van der Waals surface area contributed by atoms with E-state index in [0.717, 1.165) is 25.0 Å². The first-order valence-corrected chi connectivity index (χ1v) is 5.87. The highest BCUT2D eigenvalue weighted by Crippen LogP contribution is 2.45. The molecule has 0 saturated heterocycles. The van der Waals surface area contributed by atoms with Gasteiger partial charge in [-0.25, -0.2) is 9.18 Å². The van der Waals surface area contributed by atoms with Crippen molar-refractivity contribution in [2.75, 3.05) is 0 Å². The first kappa shape index (κ1) is 13.3. The highest BCUT2D eigenvalue weighted by molar-refractivity contribution is 5.91. The summed E-state index contributed by atoms with van der Waals surface area (Å²) in [5, 5.41) is 27.1. The van der Waals surface area contributed by atoms with Gasteiger partial charge in [-0.05, 0) is 42.4 Å². The Bertz CT molecular complexity index is 536. The molecule has 0 radical (unpaired) electrons. The van der Waals surface area contributed by atoms with Crippen LogP contribution >= 0.6 is 0 Å². The number of aliphatic carboxylic acids is 1. The highest BCUT2D eigenvalue weighted by atomic mass is 19.1. The van der Waals surface area contributed by atoms with Crippen molar-refractivity contribution in [3.63, 3.8) is 0 Å². The van der Waals surface area contributed by atoms with Gasteiger partial charge in [0, 0.05) is 0 Å². The Morgan fingerprint density at radius 1 is 1.32 bits per heavy atom. The van der Waals surface area contributed by atoms with Gasteiger partial charge in [0.2, 0.25) is 0 Å². The molecule has 1 fully saturated rings. The van der Waals surface area contributed by atoms with E-state index in [2.05, 4.69) is 0 Å². The second kappa shape index (κ2) is 4.87.